The van der Waals surface area contributed by atoms with Crippen LogP contribution in [0.4, 0.5) is 5.69 Å². The first-order valence-electron chi connectivity index (χ1n) is 11.3. The highest BCUT2D eigenvalue weighted by Crippen LogP contribution is 2.29. The molecule has 2 N–H and O–H groups in total. The highest BCUT2D eigenvalue weighted by Gasteiger charge is 2.34. The van der Waals surface area contributed by atoms with Crippen LogP contribution in [0.25, 0.3) is 0 Å². The second kappa shape index (κ2) is 10.5. The number of aryl methyl sites for hydroxylation is 4. The van der Waals surface area contributed by atoms with Crippen molar-refractivity contribution < 1.29 is 18.0 Å². The Morgan fingerprint density at radius 2 is 1.67 bits per heavy atom. The summed E-state index contributed by atoms with van der Waals surface area (Å²) < 4.78 is 28.4. The van der Waals surface area contributed by atoms with Crippen LogP contribution in [-0.2, 0) is 19.6 Å². The van der Waals surface area contributed by atoms with Gasteiger partial charge >= 0.3 is 11.8 Å². The topological polar surface area (TPSA) is 95.6 Å². The van der Waals surface area contributed by atoms with Crippen molar-refractivity contribution >= 4 is 27.5 Å². The van der Waals surface area contributed by atoms with E-state index in [2.05, 4.69) is 10.6 Å². The van der Waals surface area contributed by atoms with E-state index in [-0.39, 0.29) is 12.6 Å². The molecule has 1 unspecified atom stereocenters. The molecule has 0 aromatic heterocycles. The normalized spacial score (nSPS) is 16.9. The largest absolute Gasteiger partial charge is 0.348 e. The van der Waals surface area contributed by atoms with Crippen molar-refractivity contribution in [2.24, 2.45) is 0 Å². The van der Waals surface area contributed by atoms with Gasteiger partial charge in [0.1, 0.15) is 0 Å². The Kier molecular flexibility index (Phi) is 7.92. The fraction of sp³-hybridized carbons (Fsp3) is 0.440. The van der Waals surface area contributed by atoms with Gasteiger partial charge in [0, 0.05) is 24.8 Å². The Morgan fingerprint density at radius 3 is 2.39 bits per heavy atom. The molecule has 1 heterocycles. The lowest BCUT2D eigenvalue weighted by molar-refractivity contribution is -0.136. The second-order valence-corrected chi connectivity index (χ2v) is 10.7. The number of hydrogen-bond acceptors (Lipinski definition) is 4. The molecule has 0 saturated carbocycles. The van der Waals surface area contributed by atoms with Crippen molar-refractivity contribution in [3.63, 3.8) is 0 Å². The average Bonchev–Trinajstić information content (AvgIpc) is 2.78. The minimum absolute atomic E-state index is 0.216. The first kappa shape index (κ1) is 24.9. The lowest BCUT2D eigenvalue weighted by Gasteiger charge is -2.35. The Labute approximate surface area is 196 Å². The van der Waals surface area contributed by atoms with Crippen molar-refractivity contribution in [1.29, 1.82) is 0 Å². The molecule has 2 aromatic rings. The van der Waals surface area contributed by atoms with Crippen molar-refractivity contribution in [2.45, 2.75) is 64.3 Å². The van der Waals surface area contributed by atoms with Crippen molar-refractivity contribution in [1.82, 2.24) is 9.62 Å². The molecule has 3 rings (SSSR count). The number of nitrogens with one attached hydrogen (secondary N) is 2. The van der Waals surface area contributed by atoms with Gasteiger partial charge in [-0.2, -0.15) is 4.31 Å². The van der Waals surface area contributed by atoms with E-state index in [1.807, 2.05) is 45.0 Å². The summed E-state index contributed by atoms with van der Waals surface area (Å²) in [5.74, 6) is -1.46. The maximum absolute atomic E-state index is 13.4. The zero-order valence-corrected chi connectivity index (χ0v) is 20.6. The summed E-state index contributed by atoms with van der Waals surface area (Å²) in [5.41, 5.74) is 4.31. The molecular weight excluding hydrogens is 438 g/mol. The van der Waals surface area contributed by atoms with Crippen molar-refractivity contribution in [3.05, 3.63) is 58.7 Å². The first-order valence-corrected chi connectivity index (χ1v) is 12.8. The highest BCUT2D eigenvalue weighted by molar-refractivity contribution is 7.89. The molecule has 1 atom stereocenters. The van der Waals surface area contributed by atoms with Crippen LogP contribution in [-0.4, -0.2) is 43.7 Å². The van der Waals surface area contributed by atoms with E-state index in [1.165, 1.54) is 0 Å². The molecule has 1 aliphatic heterocycles. The van der Waals surface area contributed by atoms with Crippen molar-refractivity contribution in [2.75, 3.05) is 18.4 Å². The number of carbonyl (C=O) groups excluding carboxylic acids is 2. The molecule has 2 amide bonds. The minimum Gasteiger partial charge on any atom is -0.348 e. The highest BCUT2D eigenvalue weighted by atomic mass is 32.2. The lowest BCUT2D eigenvalue weighted by Crippen LogP contribution is -2.46. The zero-order chi connectivity index (χ0) is 24.2. The molecule has 33 heavy (non-hydrogen) atoms. The average molecular weight is 472 g/mol. The molecule has 0 spiro atoms. The molecule has 0 radical (unpaired) electrons. The Bertz CT molecular complexity index is 1140. The van der Waals surface area contributed by atoms with E-state index in [4.69, 9.17) is 0 Å². The number of piperidine rings is 1. The van der Waals surface area contributed by atoms with Gasteiger partial charge in [0.05, 0.1) is 4.90 Å². The number of anilines is 1. The summed E-state index contributed by atoms with van der Waals surface area (Å²) in [5, 5.41) is 5.24. The van der Waals surface area contributed by atoms with Crippen LogP contribution in [0, 0.1) is 27.7 Å². The zero-order valence-electron chi connectivity index (χ0n) is 19.8. The molecule has 1 fully saturated rings. The summed E-state index contributed by atoms with van der Waals surface area (Å²) >= 11 is 0. The van der Waals surface area contributed by atoms with E-state index in [0.717, 1.165) is 41.5 Å². The lowest BCUT2D eigenvalue weighted by atomic mass is 10.0. The van der Waals surface area contributed by atoms with E-state index >= 15 is 0 Å². The van der Waals surface area contributed by atoms with Gasteiger partial charge < -0.3 is 10.6 Å². The third-order valence-corrected chi connectivity index (χ3v) is 8.33. The fourth-order valence-electron chi connectivity index (χ4n) is 4.13. The van der Waals surface area contributed by atoms with Crippen LogP contribution in [0.3, 0.4) is 0 Å². The molecule has 1 aliphatic rings. The molecule has 0 bridgehead atoms. The summed E-state index contributed by atoms with van der Waals surface area (Å²) in [6.07, 6.45) is 2.93. The second-order valence-electron chi connectivity index (χ2n) is 8.83. The summed E-state index contributed by atoms with van der Waals surface area (Å²) in [7, 11) is -3.64. The molecule has 1 saturated heterocycles. The predicted octanol–water partition coefficient (Wildman–Crippen LogP) is 3.61. The van der Waals surface area contributed by atoms with Crippen LogP contribution in [0.2, 0.25) is 0 Å². The summed E-state index contributed by atoms with van der Waals surface area (Å²) in [6, 6.07) is 10.7. The predicted molar refractivity (Wildman–Crippen MR) is 130 cm³/mol. The first-order chi connectivity index (χ1) is 15.6. The quantitative estimate of drug-likeness (QED) is 0.629. The van der Waals surface area contributed by atoms with Gasteiger partial charge in [0.2, 0.25) is 10.0 Å². The fourth-order valence-corrected chi connectivity index (χ4v) is 6.17. The van der Waals surface area contributed by atoms with Gasteiger partial charge in [-0.1, -0.05) is 24.6 Å². The SMILES string of the molecule is Cc1ccc(C)c(S(=O)(=O)N2CCCCC2CCNC(=O)C(=O)Nc2ccc(C)c(C)c2)c1. The Balaban J connectivity index is 1.61. The Morgan fingerprint density at radius 1 is 0.939 bits per heavy atom. The van der Waals surface area contributed by atoms with Crippen LogP contribution in [0.5, 0.6) is 0 Å². The van der Waals surface area contributed by atoms with E-state index < -0.39 is 21.8 Å². The molecule has 8 heteroatoms. The molecular formula is C25H33N3O4S. The number of nitrogens with zero attached hydrogens (tertiary/aromatic N) is 1. The van der Waals surface area contributed by atoms with Crippen molar-refractivity contribution in [3.8, 4) is 0 Å². The van der Waals surface area contributed by atoms with E-state index in [0.29, 0.717) is 23.5 Å². The number of carbonyl (C=O) groups is 2. The smallest absolute Gasteiger partial charge is 0.313 e. The minimum atomic E-state index is -3.64. The van der Waals surface area contributed by atoms with E-state index in [1.54, 1.807) is 23.4 Å². The number of rotatable bonds is 6. The van der Waals surface area contributed by atoms with Gasteiger partial charge in [0.15, 0.2) is 0 Å². The summed E-state index contributed by atoms with van der Waals surface area (Å²) in [6.45, 7) is 8.28. The number of benzene rings is 2. The van der Waals surface area contributed by atoms with Gasteiger partial charge in [0.25, 0.3) is 0 Å². The van der Waals surface area contributed by atoms with Crippen LogP contribution in [0.15, 0.2) is 41.3 Å². The molecule has 0 aliphatic carbocycles. The molecule has 7 nitrogen and oxygen atoms in total. The van der Waals surface area contributed by atoms with Crippen LogP contribution < -0.4 is 10.6 Å². The van der Waals surface area contributed by atoms with Gasteiger partial charge in [-0.3, -0.25) is 9.59 Å². The van der Waals surface area contributed by atoms with Gasteiger partial charge in [-0.05, 0) is 87.4 Å². The van der Waals surface area contributed by atoms with Gasteiger partial charge in [-0.15, -0.1) is 0 Å². The number of sulfonamides is 1. The van der Waals surface area contributed by atoms with Crippen LogP contribution >= 0.6 is 0 Å². The van der Waals surface area contributed by atoms with E-state index in [9.17, 15) is 18.0 Å². The third kappa shape index (κ3) is 6.00. The summed E-state index contributed by atoms with van der Waals surface area (Å²) in [4.78, 5) is 24.8. The standard InChI is InChI=1S/C25H33N3O4S/c1-17-8-9-19(3)23(15-17)33(31,32)28-14-6-5-7-22(28)12-13-26-24(29)25(30)27-21-11-10-18(2)20(4)16-21/h8-11,15-16,22H,5-7,12-14H2,1-4H3,(H,26,29)(H,27,30). The third-order valence-electron chi connectivity index (χ3n) is 6.24. The maximum Gasteiger partial charge on any atom is 0.313 e. The number of hydrogen-bond donors (Lipinski definition) is 2. The van der Waals surface area contributed by atoms with Gasteiger partial charge in [-0.25, -0.2) is 8.42 Å². The monoisotopic (exact) mass is 471 g/mol. The van der Waals surface area contributed by atoms with Crippen LogP contribution in [0.1, 0.15) is 47.9 Å². The maximum atomic E-state index is 13.4. The molecule has 178 valence electrons. The molecule has 2 aromatic carbocycles. The number of amides is 2. The Hall–Kier alpha value is -2.71.